The topological polar surface area (TPSA) is 64.7 Å². The number of nitrogens with zero attached hydrogens (tertiary/aromatic N) is 1. The maximum atomic E-state index is 13.4. The zero-order valence-electron chi connectivity index (χ0n) is 14.5. The number of rotatable bonds is 4. The van der Waals surface area contributed by atoms with Crippen LogP contribution in [0.2, 0.25) is 0 Å². The van der Waals surface area contributed by atoms with Crippen LogP contribution in [0.4, 0.5) is 35.1 Å². The van der Waals surface area contributed by atoms with Gasteiger partial charge in [0.15, 0.2) is 5.84 Å². The maximum Gasteiger partial charge on any atom is 0.416 e. The van der Waals surface area contributed by atoms with Gasteiger partial charge >= 0.3 is 18.3 Å². The lowest BCUT2D eigenvalue weighted by Gasteiger charge is -2.12. The lowest BCUT2D eigenvalue weighted by Crippen LogP contribution is -2.13. The van der Waals surface area contributed by atoms with Crippen LogP contribution in [0.3, 0.4) is 0 Å². The first-order valence-electron chi connectivity index (χ1n) is 7.75. The average Bonchev–Trinajstić information content (AvgIpc) is 2.63. The molecular weight excluding hydrogens is 428 g/mol. The average molecular weight is 438 g/mol. The summed E-state index contributed by atoms with van der Waals surface area (Å²) in [6.07, 6.45) is -8.59. The number of nitrogens with two attached hydrogens (primary N) is 1. The predicted octanol–water partition coefficient (Wildman–Crippen LogP) is 5.14. The standard InChI is InChI=1S/C18H10F8N2O2/c19-12-2-1-3-13(20)15(12)16(29)30-28-14(27)5-4-9-6-10(17(21,22)23)8-11(7-9)18(24,25)26/h1-8H,(H2,27,28). The highest BCUT2D eigenvalue weighted by atomic mass is 19.4. The third-order valence-corrected chi connectivity index (χ3v) is 3.46. The lowest BCUT2D eigenvalue weighted by atomic mass is 10.0. The van der Waals surface area contributed by atoms with E-state index in [4.69, 9.17) is 5.73 Å². The Hall–Kier alpha value is -3.44. The largest absolute Gasteiger partial charge is 0.416 e. The van der Waals surface area contributed by atoms with Gasteiger partial charge in [-0.2, -0.15) is 26.3 Å². The predicted molar refractivity (Wildman–Crippen MR) is 88.9 cm³/mol. The molecule has 4 nitrogen and oxygen atoms in total. The van der Waals surface area contributed by atoms with Gasteiger partial charge in [0.2, 0.25) is 0 Å². The zero-order chi connectivity index (χ0) is 22.7. The lowest BCUT2D eigenvalue weighted by molar-refractivity contribution is -0.143. The Morgan fingerprint density at radius 1 is 0.933 bits per heavy atom. The minimum absolute atomic E-state index is 0.0560. The normalized spacial score (nSPS) is 13.0. The van der Waals surface area contributed by atoms with Crippen molar-refractivity contribution in [1.29, 1.82) is 0 Å². The Bertz CT molecular complexity index is 958. The molecule has 0 spiro atoms. The number of hydrogen-bond donors (Lipinski definition) is 1. The van der Waals surface area contributed by atoms with Crippen LogP contribution in [0.25, 0.3) is 6.08 Å². The van der Waals surface area contributed by atoms with Gasteiger partial charge < -0.3 is 10.6 Å². The molecule has 0 heterocycles. The first-order chi connectivity index (χ1) is 13.8. The molecule has 0 saturated heterocycles. The Balaban J connectivity index is 2.25. The molecule has 0 saturated carbocycles. The summed E-state index contributed by atoms with van der Waals surface area (Å²) in [5.74, 6) is -4.72. The Labute approximate surface area is 163 Å². The molecule has 12 heteroatoms. The van der Waals surface area contributed by atoms with Crippen molar-refractivity contribution in [3.8, 4) is 0 Å². The second kappa shape index (κ2) is 8.51. The number of alkyl halides is 6. The molecule has 2 rings (SSSR count). The molecule has 0 atom stereocenters. The van der Waals surface area contributed by atoms with Crippen LogP contribution >= 0.6 is 0 Å². The van der Waals surface area contributed by atoms with Crippen LogP contribution in [0.5, 0.6) is 0 Å². The minimum Gasteiger partial charge on any atom is -0.381 e. The summed E-state index contributed by atoms with van der Waals surface area (Å²) in [6.45, 7) is 0. The van der Waals surface area contributed by atoms with Crippen molar-refractivity contribution in [3.05, 3.63) is 76.4 Å². The van der Waals surface area contributed by atoms with Crippen molar-refractivity contribution in [2.75, 3.05) is 0 Å². The van der Waals surface area contributed by atoms with Crippen LogP contribution in [0.15, 0.2) is 47.6 Å². The number of halogens is 8. The molecule has 0 aliphatic carbocycles. The van der Waals surface area contributed by atoms with E-state index in [1.54, 1.807) is 0 Å². The van der Waals surface area contributed by atoms with Crippen molar-refractivity contribution < 1.29 is 44.8 Å². The van der Waals surface area contributed by atoms with E-state index >= 15 is 0 Å². The summed E-state index contributed by atoms with van der Waals surface area (Å²) in [6, 6.07) is 3.35. The molecular formula is C18H10F8N2O2. The van der Waals surface area contributed by atoms with Crippen molar-refractivity contribution >= 4 is 17.9 Å². The molecule has 30 heavy (non-hydrogen) atoms. The van der Waals surface area contributed by atoms with Crippen molar-refractivity contribution in [2.24, 2.45) is 10.9 Å². The maximum absolute atomic E-state index is 13.4. The molecule has 0 amide bonds. The number of oxime groups is 1. The van der Waals surface area contributed by atoms with Gasteiger partial charge in [-0.15, -0.1) is 0 Å². The Kier molecular flexibility index (Phi) is 6.48. The van der Waals surface area contributed by atoms with Crippen LogP contribution in [0, 0.1) is 11.6 Å². The second-order valence-electron chi connectivity index (χ2n) is 5.66. The Morgan fingerprint density at radius 3 is 1.90 bits per heavy atom. The van der Waals surface area contributed by atoms with E-state index in [0.717, 1.165) is 30.4 Å². The summed E-state index contributed by atoms with van der Waals surface area (Å²) in [4.78, 5) is 15.9. The molecule has 2 aromatic carbocycles. The molecule has 160 valence electrons. The van der Waals surface area contributed by atoms with Crippen LogP contribution < -0.4 is 5.73 Å². The van der Waals surface area contributed by atoms with Gasteiger partial charge in [-0.1, -0.05) is 17.3 Å². The fourth-order valence-corrected chi connectivity index (χ4v) is 2.12. The first-order valence-corrected chi connectivity index (χ1v) is 7.75. The minimum atomic E-state index is -5.04. The Morgan fingerprint density at radius 2 is 1.43 bits per heavy atom. The number of amidine groups is 1. The van der Waals surface area contributed by atoms with Gasteiger partial charge in [0.25, 0.3) is 0 Å². The van der Waals surface area contributed by atoms with Gasteiger partial charge in [0.05, 0.1) is 11.1 Å². The summed E-state index contributed by atoms with van der Waals surface area (Å²) >= 11 is 0. The van der Waals surface area contributed by atoms with Crippen molar-refractivity contribution in [3.63, 3.8) is 0 Å². The molecule has 0 fully saturated rings. The highest BCUT2D eigenvalue weighted by molar-refractivity contribution is 5.96. The number of carbonyl (C=O) groups excluding carboxylic acids is 1. The van der Waals surface area contributed by atoms with Gasteiger partial charge in [0, 0.05) is 0 Å². The molecule has 0 unspecified atom stereocenters. The molecule has 2 N–H and O–H groups in total. The summed E-state index contributed by atoms with van der Waals surface area (Å²) < 4.78 is 104. The van der Waals surface area contributed by atoms with Crippen molar-refractivity contribution in [1.82, 2.24) is 0 Å². The van der Waals surface area contributed by atoms with Gasteiger partial charge in [-0.3, -0.25) is 0 Å². The molecule has 0 aromatic heterocycles. The van der Waals surface area contributed by atoms with Crippen molar-refractivity contribution in [2.45, 2.75) is 12.4 Å². The second-order valence-corrected chi connectivity index (χ2v) is 5.66. The smallest absolute Gasteiger partial charge is 0.381 e. The quantitative estimate of drug-likeness (QED) is 0.236. The van der Waals surface area contributed by atoms with E-state index in [2.05, 4.69) is 9.99 Å². The van der Waals surface area contributed by atoms with Crippen LogP contribution in [0.1, 0.15) is 27.0 Å². The SMILES string of the molecule is N/C(C=Cc1cc(C(F)(F)F)cc(C(F)(F)F)c1)=N\OC(=O)c1c(F)cccc1F. The van der Waals surface area contributed by atoms with E-state index in [1.165, 1.54) is 0 Å². The highest BCUT2D eigenvalue weighted by Crippen LogP contribution is 2.36. The van der Waals surface area contributed by atoms with Gasteiger partial charge in [-0.25, -0.2) is 13.6 Å². The van der Waals surface area contributed by atoms with Crippen LogP contribution in [-0.2, 0) is 17.2 Å². The van der Waals surface area contributed by atoms with E-state index in [9.17, 15) is 39.9 Å². The third kappa shape index (κ3) is 5.78. The fraction of sp³-hybridized carbons (Fsp3) is 0.111. The number of hydrogen-bond acceptors (Lipinski definition) is 3. The van der Waals surface area contributed by atoms with E-state index in [-0.39, 0.29) is 6.07 Å². The molecule has 0 radical (unpaired) electrons. The fourth-order valence-electron chi connectivity index (χ4n) is 2.12. The molecule has 0 aliphatic rings. The highest BCUT2D eigenvalue weighted by Gasteiger charge is 2.36. The molecule has 0 aliphatic heterocycles. The third-order valence-electron chi connectivity index (χ3n) is 3.46. The monoisotopic (exact) mass is 438 g/mol. The van der Waals surface area contributed by atoms with E-state index in [0.29, 0.717) is 12.1 Å². The zero-order valence-corrected chi connectivity index (χ0v) is 14.5. The van der Waals surface area contributed by atoms with E-state index < -0.39 is 58.0 Å². The van der Waals surface area contributed by atoms with Gasteiger partial charge in [-0.05, 0) is 42.0 Å². The number of benzene rings is 2. The summed E-state index contributed by atoms with van der Waals surface area (Å²) in [7, 11) is 0. The summed E-state index contributed by atoms with van der Waals surface area (Å²) in [5.41, 5.74) is 0.641. The first kappa shape index (κ1) is 22.8. The number of carbonyl (C=O) groups is 1. The summed E-state index contributed by atoms with van der Waals surface area (Å²) in [5, 5.41) is 3.02. The molecule has 2 aromatic rings. The van der Waals surface area contributed by atoms with Gasteiger partial charge in [0.1, 0.15) is 17.2 Å². The van der Waals surface area contributed by atoms with E-state index in [1.807, 2.05) is 0 Å². The molecule has 0 bridgehead atoms. The van der Waals surface area contributed by atoms with Crippen LogP contribution in [-0.4, -0.2) is 11.8 Å².